The Hall–Kier alpha value is -3.10. The van der Waals surface area contributed by atoms with Crippen molar-refractivity contribution < 1.29 is 32.9 Å². The first-order chi connectivity index (χ1) is 39.5. The summed E-state index contributed by atoms with van der Waals surface area (Å²) < 4.78 is 23.4. The van der Waals surface area contributed by atoms with Crippen LogP contribution in [0.5, 0.6) is 0 Å². The number of rotatable bonds is 60. The number of allylic oxidation sites excluding steroid dienone is 19. The Kier molecular flexibility index (Phi) is 59.1. The van der Waals surface area contributed by atoms with Crippen LogP contribution in [0.2, 0.25) is 0 Å². The van der Waals surface area contributed by atoms with Gasteiger partial charge in [0.2, 0.25) is 5.91 Å². The van der Waals surface area contributed by atoms with Crippen molar-refractivity contribution in [3.05, 3.63) is 122 Å². The average molecular weight is 1150 g/mol. The molecular weight excluding hydrogens is 1020 g/mol. The molecule has 0 bridgehead atoms. The summed E-state index contributed by atoms with van der Waals surface area (Å²) in [7, 11) is 1.25. The molecule has 0 aromatic carbocycles. The zero-order valence-corrected chi connectivity index (χ0v) is 54.1. The Morgan fingerprint density at radius 1 is 0.444 bits per heavy atom. The summed E-state index contributed by atoms with van der Waals surface area (Å²) in [5.41, 5.74) is 0. The topological polar surface area (TPSA) is 108 Å². The fourth-order valence-electron chi connectivity index (χ4n) is 9.26. The van der Waals surface area contributed by atoms with Gasteiger partial charge in [0.05, 0.1) is 39.9 Å². The molecule has 0 saturated carbocycles. The van der Waals surface area contributed by atoms with Gasteiger partial charge in [-0.05, 0) is 89.9 Å². The monoisotopic (exact) mass is 1150 g/mol. The normalized spacial score (nSPS) is 14.5. The second kappa shape index (κ2) is 61.5. The largest absolute Gasteiger partial charge is 0.756 e. The maximum absolute atomic E-state index is 13.0. The molecule has 3 atom stereocenters. The Bertz CT molecular complexity index is 1730. The van der Waals surface area contributed by atoms with Gasteiger partial charge in [-0.2, -0.15) is 0 Å². The molecule has 466 valence electrons. The lowest BCUT2D eigenvalue weighted by Crippen LogP contribution is -2.45. The standard InChI is InChI=1S/C72H127N2O6P/c1-6-8-10-12-14-16-18-20-22-24-26-28-30-31-32-33-34-35-36-37-38-39-40-41-42-43-44-46-48-50-52-54-56-58-60-62-64-66-72(76)73-70(69-80-81(77,78)79-68-67-74(3,4)5)71(75)65-63-61-59-57-55-53-51-49-47-45-29-27-25-23-21-19-17-15-13-11-9-7-2/h8,10,14,16,20,22,26,28,31-32,34-35,37-38,40-41,43-44,63,65,70-71,75H,6-7,9,11-13,15,17-19,21,23-25,27,29-30,33,36,39,42,45-62,64,66-69H2,1-5H3,(H-,73,76,77,78)/b10-8-,16-14-,22-20-,28-26-,32-31-,35-34-,38-37-,41-40-,44-43-,65-63+. The van der Waals surface area contributed by atoms with Crippen molar-refractivity contribution in [1.82, 2.24) is 5.32 Å². The fourth-order valence-corrected chi connectivity index (χ4v) is 9.99. The van der Waals surface area contributed by atoms with Crippen LogP contribution in [-0.2, 0) is 18.4 Å². The van der Waals surface area contributed by atoms with E-state index in [0.29, 0.717) is 17.4 Å². The highest BCUT2D eigenvalue weighted by Gasteiger charge is 2.23. The number of aliphatic hydroxyl groups is 1. The van der Waals surface area contributed by atoms with E-state index in [-0.39, 0.29) is 19.1 Å². The number of nitrogens with one attached hydrogen (secondary N) is 1. The third kappa shape index (κ3) is 64.3. The molecule has 9 heteroatoms. The van der Waals surface area contributed by atoms with Crippen molar-refractivity contribution >= 4 is 13.7 Å². The number of phosphoric acid groups is 1. The van der Waals surface area contributed by atoms with Gasteiger partial charge in [-0.3, -0.25) is 9.36 Å². The molecule has 0 radical (unpaired) electrons. The second-order valence-corrected chi connectivity index (χ2v) is 24.9. The number of unbranched alkanes of at least 4 members (excludes halogenated alkanes) is 29. The second-order valence-electron chi connectivity index (χ2n) is 23.4. The highest BCUT2D eigenvalue weighted by Crippen LogP contribution is 2.38. The van der Waals surface area contributed by atoms with Gasteiger partial charge in [-0.15, -0.1) is 0 Å². The summed E-state index contributed by atoms with van der Waals surface area (Å²) >= 11 is 0. The zero-order valence-electron chi connectivity index (χ0n) is 53.2. The molecule has 0 saturated heterocycles. The van der Waals surface area contributed by atoms with Gasteiger partial charge in [-0.1, -0.05) is 302 Å². The molecule has 0 spiro atoms. The van der Waals surface area contributed by atoms with E-state index in [2.05, 4.69) is 129 Å². The number of quaternary nitrogens is 1. The molecule has 3 unspecified atom stereocenters. The SMILES string of the molecule is CC/C=C\C/C=C\C/C=C\C/C=C\C/C=C\C/C=C\C/C=C\C/C=C\C/C=C\CCCCCCCCCCCC(=O)NC(COP(=O)([O-])OCC[N+](C)(C)C)C(O)/C=C/CCCCCCCCCCCCCCCCCCCCCC. The van der Waals surface area contributed by atoms with Crippen molar-refractivity contribution in [3.63, 3.8) is 0 Å². The minimum absolute atomic E-state index is 0.00729. The van der Waals surface area contributed by atoms with Crippen molar-refractivity contribution in [1.29, 1.82) is 0 Å². The molecule has 81 heavy (non-hydrogen) atoms. The molecule has 0 fully saturated rings. The third-order valence-corrected chi connectivity index (χ3v) is 15.4. The number of amides is 1. The summed E-state index contributed by atoms with van der Waals surface area (Å²) in [6.07, 6.45) is 91.5. The molecule has 0 aromatic rings. The average Bonchev–Trinajstić information content (AvgIpc) is 3.43. The van der Waals surface area contributed by atoms with E-state index in [0.717, 1.165) is 109 Å². The summed E-state index contributed by atoms with van der Waals surface area (Å²) in [5.74, 6) is -0.206. The van der Waals surface area contributed by atoms with Crippen molar-refractivity contribution in [3.8, 4) is 0 Å². The molecule has 0 aliphatic carbocycles. The molecule has 0 rings (SSSR count). The first kappa shape index (κ1) is 77.9. The van der Waals surface area contributed by atoms with Crippen molar-refractivity contribution in [2.45, 2.75) is 289 Å². The van der Waals surface area contributed by atoms with Crippen LogP contribution in [0, 0.1) is 0 Å². The maximum atomic E-state index is 13.0. The van der Waals surface area contributed by atoms with Gasteiger partial charge in [0, 0.05) is 6.42 Å². The molecular formula is C72H127N2O6P. The first-order valence-electron chi connectivity index (χ1n) is 33.4. The number of nitrogens with zero attached hydrogens (tertiary/aromatic N) is 1. The van der Waals surface area contributed by atoms with Gasteiger partial charge >= 0.3 is 0 Å². The van der Waals surface area contributed by atoms with E-state index in [1.54, 1.807) is 6.08 Å². The van der Waals surface area contributed by atoms with Crippen molar-refractivity contribution in [2.75, 3.05) is 40.9 Å². The summed E-state index contributed by atoms with van der Waals surface area (Å²) in [5, 5.41) is 13.9. The summed E-state index contributed by atoms with van der Waals surface area (Å²) in [6, 6.07) is -0.899. The lowest BCUT2D eigenvalue weighted by atomic mass is 10.0. The van der Waals surface area contributed by atoms with Crippen LogP contribution in [0.15, 0.2) is 122 Å². The Morgan fingerprint density at radius 2 is 0.753 bits per heavy atom. The number of hydrogen-bond acceptors (Lipinski definition) is 6. The first-order valence-corrected chi connectivity index (χ1v) is 34.9. The number of carbonyl (C=O) groups excluding carboxylic acids is 1. The summed E-state index contributed by atoms with van der Waals surface area (Å²) in [4.78, 5) is 25.6. The smallest absolute Gasteiger partial charge is 0.268 e. The molecule has 8 nitrogen and oxygen atoms in total. The Morgan fingerprint density at radius 3 is 1.10 bits per heavy atom. The molecule has 0 aliphatic rings. The highest BCUT2D eigenvalue weighted by molar-refractivity contribution is 7.45. The zero-order chi connectivity index (χ0) is 59.1. The minimum Gasteiger partial charge on any atom is -0.756 e. The molecule has 0 heterocycles. The number of phosphoric ester groups is 1. The van der Waals surface area contributed by atoms with Gasteiger partial charge in [0.1, 0.15) is 13.2 Å². The quantitative estimate of drug-likeness (QED) is 0.0272. The predicted octanol–water partition coefficient (Wildman–Crippen LogP) is 20.6. The van der Waals surface area contributed by atoms with E-state index in [1.165, 1.54) is 148 Å². The minimum atomic E-state index is -4.61. The van der Waals surface area contributed by atoms with E-state index in [1.807, 2.05) is 27.2 Å². The van der Waals surface area contributed by atoms with Crippen LogP contribution in [0.1, 0.15) is 277 Å². The van der Waals surface area contributed by atoms with Crippen LogP contribution < -0.4 is 10.2 Å². The molecule has 1 amide bonds. The maximum Gasteiger partial charge on any atom is 0.268 e. The highest BCUT2D eigenvalue weighted by atomic mass is 31.2. The fraction of sp³-hybridized carbons (Fsp3) is 0.708. The lowest BCUT2D eigenvalue weighted by molar-refractivity contribution is -0.870. The van der Waals surface area contributed by atoms with Crippen LogP contribution in [0.25, 0.3) is 0 Å². The van der Waals surface area contributed by atoms with E-state index >= 15 is 0 Å². The Balaban J connectivity index is 4.16. The molecule has 2 N–H and O–H groups in total. The Labute approximate surface area is 501 Å². The summed E-state index contributed by atoms with van der Waals surface area (Å²) in [6.45, 7) is 4.54. The van der Waals surface area contributed by atoms with Crippen LogP contribution in [-0.4, -0.2) is 68.5 Å². The molecule has 0 aromatic heterocycles. The third-order valence-electron chi connectivity index (χ3n) is 14.4. The predicted molar refractivity (Wildman–Crippen MR) is 352 cm³/mol. The van der Waals surface area contributed by atoms with Crippen LogP contribution in [0.4, 0.5) is 0 Å². The molecule has 0 aliphatic heterocycles. The van der Waals surface area contributed by atoms with Crippen LogP contribution in [0.3, 0.4) is 0 Å². The van der Waals surface area contributed by atoms with Crippen molar-refractivity contribution in [2.24, 2.45) is 0 Å². The van der Waals surface area contributed by atoms with Crippen LogP contribution >= 0.6 is 7.82 Å². The van der Waals surface area contributed by atoms with E-state index < -0.39 is 20.0 Å². The van der Waals surface area contributed by atoms with Gasteiger partial charge in [-0.25, -0.2) is 0 Å². The number of aliphatic hydroxyl groups excluding tert-OH is 1. The van der Waals surface area contributed by atoms with Gasteiger partial charge in [0.25, 0.3) is 7.82 Å². The van der Waals surface area contributed by atoms with Gasteiger partial charge in [0.15, 0.2) is 0 Å². The number of hydrogen-bond donors (Lipinski definition) is 2. The van der Waals surface area contributed by atoms with E-state index in [9.17, 15) is 19.4 Å². The number of likely N-dealkylation sites (N-methyl/N-ethyl adjacent to an activating group) is 1. The number of carbonyl (C=O) groups is 1. The lowest BCUT2D eigenvalue weighted by Gasteiger charge is -2.29. The van der Waals surface area contributed by atoms with Gasteiger partial charge < -0.3 is 28.8 Å². The van der Waals surface area contributed by atoms with E-state index in [4.69, 9.17) is 9.05 Å².